The highest BCUT2D eigenvalue weighted by Crippen LogP contribution is 2.27. The van der Waals surface area contributed by atoms with Gasteiger partial charge in [-0.1, -0.05) is 27.7 Å². The number of hydrogen-bond donors (Lipinski definition) is 1. The molecular formula is C15H29N3. The summed E-state index contributed by atoms with van der Waals surface area (Å²) in [5.74, 6) is 0. The lowest BCUT2D eigenvalue weighted by molar-refractivity contribution is 0.283. The van der Waals surface area contributed by atoms with Crippen LogP contribution in [0.4, 0.5) is 0 Å². The van der Waals surface area contributed by atoms with Gasteiger partial charge in [0.25, 0.3) is 0 Å². The molecule has 0 aromatic carbocycles. The summed E-state index contributed by atoms with van der Waals surface area (Å²) in [7, 11) is 2.05. The molecule has 1 N–H and O–H groups in total. The van der Waals surface area contributed by atoms with Crippen LogP contribution in [-0.4, -0.2) is 22.4 Å². The molecule has 18 heavy (non-hydrogen) atoms. The number of aryl methyl sites for hydroxylation is 2. The molecule has 1 rings (SSSR count). The van der Waals surface area contributed by atoms with Crippen molar-refractivity contribution in [1.29, 1.82) is 0 Å². The fourth-order valence-electron chi connectivity index (χ4n) is 2.72. The summed E-state index contributed by atoms with van der Waals surface area (Å²) in [6, 6.07) is 2.82. The summed E-state index contributed by atoms with van der Waals surface area (Å²) in [6.45, 7) is 12.3. The van der Waals surface area contributed by atoms with Crippen LogP contribution in [0.15, 0.2) is 6.07 Å². The highest BCUT2D eigenvalue weighted by Gasteiger charge is 2.23. The minimum absolute atomic E-state index is 0.306. The van der Waals surface area contributed by atoms with E-state index in [2.05, 4.69) is 58.1 Å². The lowest BCUT2D eigenvalue weighted by Crippen LogP contribution is -2.32. The third-order valence-corrected chi connectivity index (χ3v) is 3.46. The Labute approximate surface area is 112 Å². The molecule has 1 unspecified atom stereocenters. The second kappa shape index (κ2) is 6.37. The molecule has 3 nitrogen and oxygen atoms in total. The SMILES string of the molecule is CCNC(C)CC(C)(C)Cc1cc(CC)nn1C. The number of hydrogen-bond acceptors (Lipinski definition) is 2. The average Bonchev–Trinajstić information content (AvgIpc) is 2.58. The van der Waals surface area contributed by atoms with E-state index in [1.54, 1.807) is 0 Å². The normalized spacial score (nSPS) is 13.9. The summed E-state index contributed by atoms with van der Waals surface area (Å²) in [5.41, 5.74) is 2.85. The van der Waals surface area contributed by atoms with Crippen molar-refractivity contribution < 1.29 is 0 Å². The van der Waals surface area contributed by atoms with Crippen molar-refractivity contribution in [2.24, 2.45) is 12.5 Å². The minimum atomic E-state index is 0.306. The summed E-state index contributed by atoms with van der Waals surface area (Å²) in [6.07, 6.45) is 3.29. The van der Waals surface area contributed by atoms with Crippen LogP contribution in [0.3, 0.4) is 0 Å². The zero-order chi connectivity index (χ0) is 13.8. The Morgan fingerprint density at radius 2 is 2.06 bits per heavy atom. The van der Waals surface area contributed by atoms with E-state index in [0.29, 0.717) is 11.5 Å². The summed E-state index contributed by atoms with van der Waals surface area (Å²) < 4.78 is 2.04. The molecular weight excluding hydrogens is 222 g/mol. The van der Waals surface area contributed by atoms with Crippen molar-refractivity contribution in [3.05, 3.63) is 17.5 Å². The highest BCUT2D eigenvalue weighted by atomic mass is 15.3. The molecule has 0 aliphatic heterocycles. The molecule has 1 atom stereocenters. The van der Waals surface area contributed by atoms with Crippen molar-refractivity contribution in [2.45, 2.75) is 59.9 Å². The highest BCUT2D eigenvalue weighted by molar-refractivity contribution is 5.12. The Balaban J connectivity index is 2.66. The van der Waals surface area contributed by atoms with Crippen LogP contribution in [0.25, 0.3) is 0 Å². The Kier molecular flexibility index (Phi) is 5.39. The van der Waals surface area contributed by atoms with Gasteiger partial charge in [-0.2, -0.15) is 5.10 Å². The van der Waals surface area contributed by atoms with E-state index in [4.69, 9.17) is 0 Å². The minimum Gasteiger partial charge on any atom is -0.315 e. The van der Waals surface area contributed by atoms with E-state index in [9.17, 15) is 0 Å². The standard InChI is InChI=1S/C15H29N3/c1-7-13-9-14(18(6)17-13)11-15(4,5)10-12(3)16-8-2/h9,12,16H,7-8,10-11H2,1-6H3. The fourth-order valence-corrected chi connectivity index (χ4v) is 2.72. The Bertz CT molecular complexity index is 366. The van der Waals surface area contributed by atoms with Gasteiger partial charge in [-0.3, -0.25) is 4.68 Å². The molecule has 0 radical (unpaired) electrons. The first kappa shape index (κ1) is 15.2. The van der Waals surface area contributed by atoms with Crippen LogP contribution in [-0.2, 0) is 19.9 Å². The average molecular weight is 251 g/mol. The van der Waals surface area contributed by atoms with E-state index in [0.717, 1.165) is 19.4 Å². The van der Waals surface area contributed by atoms with Crippen LogP contribution >= 0.6 is 0 Å². The van der Waals surface area contributed by atoms with Gasteiger partial charge in [0.1, 0.15) is 0 Å². The Hall–Kier alpha value is -0.830. The third-order valence-electron chi connectivity index (χ3n) is 3.46. The van der Waals surface area contributed by atoms with Crippen molar-refractivity contribution in [1.82, 2.24) is 15.1 Å². The van der Waals surface area contributed by atoms with Gasteiger partial charge in [-0.25, -0.2) is 0 Å². The van der Waals surface area contributed by atoms with Gasteiger partial charge in [0.2, 0.25) is 0 Å². The zero-order valence-electron chi connectivity index (χ0n) is 12.9. The molecule has 104 valence electrons. The van der Waals surface area contributed by atoms with E-state index in [-0.39, 0.29) is 0 Å². The topological polar surface area (TPSA) is 29.9 Å². The van der Waals surface area contributed by atoms with E-state index >= 15 is 0 Å². The van der Waals surface area contributed by atoms with E-state index in [1.165, 1.54) is 17.8 Å². The van der Waals surface area contributed by atoms with Gasteiger partial charge in [0.15, 0.2) is 0 Å². The molecule has 0 bridgehead atoms. The van der Waals surface area contributed by atoms with Crippen molar-refractivity contribution >= 4 is 0 Å². The van der Waals surface area contributed by atoms with Crippen LogP contribution in [0, 0.1) is 5.41 Å². The van der Waals surface area contributed by atoms with Gasteiger partial charge in [0, 0.05) is 18.8 Å². The second-order valence-electron chi connectivity index (χ2n) is 6.11. The van der Waals surface area contributed by atoms with E-state index in [1.807, 2.05) is 4.68 Å². The number of nitrogens with one attached hydrogen (secondary N) is 1. The van der Waals surface area contributed by atoms with Crippen molar-refractivity contribution in [3.63, 3.8) is 0 Å². The van der Waals surface area contributed by atoms with Gasteiger partial charge < -0.3 is 5.32 Å². The first-order chi connectivity index (χ1) is 8.38. The molecule has 0 spiro atoms. The molecule has 1 aromatic heterocycles. The lowest BCUT2D eigenvalue weighted by Gasteiger charge is -2.28. The summed E-state index contributed by atoms with van der Waals surface area (Å²) in [4.78, 5) is 0. The maximum absolute atomic E-state index is 4.53. The molecule has 0 saturated heterocycles. The lowest BCUT2D eigenvalue weighted by atomic mass is 9.81. The maximum atomic E-state index is 4.53. The Morgan fingerprint density at radius 3 is 2.56 bits per heavy atom. The van der Waals surface area contributed by atoms with Crippen LogP contribution < -0.4 is 5.32 Å². The molecule has 0 amide bonds. The first-order valence-electron chi connectivity index (χ1n) is 7.13. The van der Waals surface area contributed by atoms with Crippen molar-refractivity contribution in [2.75, 3.05) is 6.54 Å². The predicted octanol–water partition coefficient (Wildman–Crippen LogP) is 2.94. The molecule has 0 aliphatic rings. The predicted molar refractivity (Wildman–Crippen MR) is 77.8 cm³/mol. The van der Waals surface area contributed by atoms with E-state index < -0.39 is 0 Å². The smallest absolute Gasteiger partial charge is 0.0624 e. The van der Waals surface area contributed by atoms with Gasteiger partial charge in [-0.05, 0) is 44.2 Å². The zero-order valence-corrected chi connectivity index (χ0v) is 12.9. The number of nitrogens with zero attached hydrogens (tertiary/aromatic N) is 2. The second-order valence-corrected chi connectivity index (χ2v) is 6.11. The van der Waals surface area contributed by atoms with Crippen LogP contribution in [0.2, 0.25) is 0 Å². The molecule has 3 heteroatoms. The van der Waals surface area contributed by atoms with Gasteiger partial charge in [-0.15, -0.1) is 0 Å². The number of rotatable bonds is 7. The number of aromatic nitrogens is 2. The summed E-state index contributed by atoms with van der Waals surface area (Å²) in [5, 5.41) is 8.03. The van der Waals surface area contributed by atoms with Gasteiger partial charge >= 0.3 is 0 Å². The molecule has 1 aromatic rings. The molecule has 0 saturated carbocycles. The maximum Gasteiger partial charge on any atom is 0.0624 e. The summed E-state index contributed by atoms with van der Waals surface area (Å²) >= 11 is 0. The molecule has 1 heterocycles. The molecule has 0 fully saturated rings. The monoisotopic (exact) mass is 251 g/mol. The van der Waals surface area contributed by atoms with Gasteiger partial charge in [0.05, 0.1) is 5.69 Å². The quantitative estimate of drug-likeness (QED) is 0.807. The molecule has 0 aliphatic carbocycles. The Morgan fingerprint density at radius 1 is 1.39 bits per heavy atom. The van der Waals surface area contributed by atoms with Crippen LogP contribution in [0.5, 0.6) is 0 Å². The first-order valence-corrected chi connectivity index (χ1v) is 7.13. The van der Waals surface area contributed by atoms with Crippen molar-refractivity contribution in [3.8, 4) is 0 Å². The fraction of sp³-hybridized carbons (Fsp3) is 0.800. The largest absolute Gasteiger partial charge is 0.315 e. The third kappa shape index (κ3) is 4.45. The van der Waals surface area contributed by atoms with Crippen LogP contribution in [0.1, 0.15) is 52.4 Å².